The molecule has 3 aliphatic heterocycles. The van der Waals surface area contributed by atoms with Gasteiger partial charge in [0, 0.05) is 12.5 Å². The number of rotatable bonds is 1. The van der Waals surface area contributed by atoms with Gasteiger partial charge in [-0.2, -0.15) is 0 Å². The SMILES string of the molecule is O=C(NC(=S)N1CC2CC3C=CC2(C1)O3)c1cccs1. The summed E-state index contributed by atoms with van der Waals surface area (Å²) in [6.07, 6.45) is 5.67. The molecule has 0 radical (unpaired) electrons. The Kier molecular flexibility index (Phi) is 2.73. The molecule has 6 heteroatoms. The first-order valence-electron chi connectivity index (χ1n) is 6.67. The summed E-state index contributed by atoms with van der Waals surface area (Å²) in [5.74, 6) is 0.370. The lowest BCUT2D eigenvalue weighted by Gasteiger charge is -2.23. The minimum absolute atomic E-state index is 0.125. The summed E-state index contributed by atoms with van der Waals surface area (Å²) < 4.78 is 6.02. The molecule has 1 aromatic rings. The van der Waals surface area contributed by atoms with Crippen molar-refractivity contribution in [2.24, 2.45) is 5.92 Å². The Morgan fingerprint density at radius 3 is 3.20 bits per heavy atom. The van der Waals surface area contributed by atoms with Crippen molar-refractivity contribution < 1.29 is 9.53 Å². The van der Waals surface area contributed by atoms with Crippen LogP contribution >= 0.6 is 23.6 Å². The van der Waals surface area contributed by atoms with Crippen LogP contribution in [0, 0.1) is 5.92 Å². The molecule has 0 aromatic carbocycles. The van der Waals surface area contributed by atoms with Crippen molar-refractivity contribution in [3.8, 4) is 0 Å². The lowest BCUT2D eigenvalue weighted by atomic mass is 9.86. The van der Waals surface area contributed by atoms with Crippen molar-refractivity contribution in [2.75, 3.05) is 13.1 Å². The van der Waals surface area contributed by atoms with Crippen molar-refractivity contribution in [2.45, 2.75) is 18.1 Å². The number of likely N-dealkylation sites (tertiary alicyclic amines) is 1. The Hall–Kier alpha value is -1.24. The summed E-state index contributed by atoms with van der Waals surface area (Å²) in [7, 11) is 0. The average Bonchev–Trinajstić information content (AvgIpc) is 3.17. The third kappa shape index (κ3) is 1.82. The minimum atomic E-state index is -0.164. The number of amides is 1. The number of ether oxygens (including phenoxy) is 1. The smallest absolute Gasteiger partial charge is 0.267 e. The summed E-state index contributed by atoms with van der Waals surface area (Å²) >= 11 is 6.79. The number of nitrogens with zero attached hydrogens (tertiary/aromatic N) is 1. The van der Waals surface area contributed by atoms with Gasteiger partial charge < -0.3 is 9.64 Å². The molecule has 0 saturated carbocycles. The summed E-state index contributed by atoms with van der Waals surface area (Å²) in [6.45, 7) is 1.61. The van der Waals surface area contributed by atoms with Gasteiger partial charge in [-0.25, -0.2) is 0 Å². The number of fused-ring (bicyclic) bond motifs is 1. The van der Waals surface area contributed by atoms with Crippen LogP contribution < -0.4 is 5.32 Å². The van der Waals surface area contributed by atoms with Gasteiger partial charge in [-0.1, -0.05) is 18.2 Å². The standard InChI is InChI=1S/C14H14N2O2S2/c17-12(11-2-1-5-20-11)15-13(19)16-7-9-6-10-3-4-14(9,8-16)18-10/h1-5,9-10H,6-8H2,(H,15,17,19). The second-order valence-electron chi connectivity index (χ2n) is 5.52. The maximum atomic E-state index is 12.0. The third-order valence-electron chi connectivity index (χ3n) is 4.30. The van der Waals surface area contributed by atoms with Crippen LogP contribution in [0.4, 0.5) is 0 Å². The van der Waals surface area contributed by atoms with Gasteiger partial charge in [0.25, 0.3) is 5.91 Å². The quantitative estimate of drug-likeness (QED) is 0.634. The van der Waals surface area contributed by atoms with Gasteiger partial charge in [-0.3, -0.25) is 10.1 Å². The molecule has 1 aromatic heterocycles. The van der Waals surface area contributed by atoms with Crippen LogP contribution in [-0.2, 0) is 4.74 Å². The number of hydrogen-bond acceptors (Lipinski definition) is 4. The second-order valence-corrected chi connectivity index (χ2v) is 6.85. The summed E-state index contributed by atoms with van der Waals surface area (Å²) in [5.41, 5.74) is -0.164. The van der Waals surface area contributed by atoms with E-state index in [4.69, 9.17) is 17.0 Å². The average molecular weight is 306 g/mol. The maximum Gasteiger partial charge on any atom is 0.267 e. The van der Waals surface area contributed by atoms with E-state index in [1.807, 2.05) is 11.4 Å². The minimum Gasteiger partial charge on any atom is -0.361 e. The van der Waals surface area contributed by atoms with Gasteiger partial charge in [-0.05, 0) is 30.1 Å². The van der Waals surface area contributed by atoms with Crippen LogP contribution in [0.2, 0.25) is 0 Å². The first-order valence-corrected chi connectivity index (χ1v) is 7.96. The van der Waals surface area contributed by atoms with Gasteiger partial charge in [0.05, 0.1) is 17.5 Å². The van der Waals surface area contributed by atoms with E-state index in [1.165, 1.54) is 11.3 Å². The molecule has 3 unspecified atom stereocenters. The van der Waals surface area contributed by atoms with E-state index in [0.29, 0.717) is 15.9 Å². The topological polar surface area (TPSA) is 41.6 Å². The van der Waals surface area contributed by atoms with Gasteiger partial charge in [0.15, 0.2) is 5.11 Å². The van der Waals surface area contributed by atoms with Crippen LogP contribution in [0.3, 0.4) is 0 Å². The molecule has 4 nitrogen and oxygen atoms in total. The van der Waals surface area contributed by atoms with Gasteiger partial charge in [0.1, 0.15) is 5.60 Å². The first-order chi connectivity index (χ1) is 9.66. The Morgan fingerprint density at radius 1 is 1.60 bits per heavy atom. The Balaban J connectivity index is 1.43. The lowest BCUT2D eigenvalue weighted by molar-refractivity contribution is 0.0283. The summed E-state index contributed by atoms with van der Waals surface area (Å²) in [4.78, 5) is 14.8. The van der Waals surface area contributed by atoms with Gasteiger partial charge >= 0.3 is 0 Å². The highest BCUT2D eigenvalue weighted by molar-refractivity contribution is 7.80. The van der Waals surface area contributed by atoms with E-state index in [1.54, 1.807) is 6.07 Å². The molecule has 4 heterocycles. The number of nitrogens with one attached hydrogen (secondary N) is 1. The molecule has 3 atom stereocenters. The monoisotopic (exact) mass is 306 g/mol. The Bertz CT molecular complexity index is 598. The van der Waals surface area contributed by atoms with E-state index >= 15 is 0 Å². The number of thiocarbonyl (C=S) groups is 1. The Morgan fingerprint density at radius 2 is 2.50 bits per heavy atom. The molecule has 104 valence electrons. The molecule has 2 bridgehead atoms. The fraction of sp³-hybridized carbons (Fsp3) is 0.429. The summed E-state index contributed by atoms with van der Waals surface area (Å²) in [6, 6.07) is 3.66. The van der Waals surface area contributed by atoms with E-state index in [-0.39, 0.29) is 17.6 Å². The van der Waals surface area contributed by atoms with Crippen LogP contribution in [0.1, 0.15) is 16.1 Å². The highest BCUT2D eigenvalue weighted by Gasteiger charge is 2.55. The zero-order valence-corrected chi connectivity index (χ0v) is 12.4. The predicted octanol–water partition coefficient (Wildman–Crippen LogP) is 1.79. The van der Waals surface area contributed by atoms with Crippen molar-refractivity contribution >= 4 is 34.6 Å². The fourth-order valence-corrected chi connectivity index (χ4v) is 4.20. The van der Waals surface area contributed by atoms with Crippen LogP contribution in [0.5, 0.6) is 0 Å². The van der Waals surface area contributed by atoms with Crippen LogP contribution in [-0.4, -0.2) is 40.7 Å². The van der Waals surface area contributed by atoms with Crippen molar-refractivity contribution in [1.29, 1.82) is 0 Å². The predicted molar refractivity (Wildman–Crippen MR) is 80.8 cm³/mol. The number of hydrogen-bond donors (Lipinski definition) is 1. The second kappa shape index (κ2) is 4.38. The van der Waals surface area contributed by atoms with Crippen molar-refractivity contribution in [3.63, 3.8) is 0 Å². The van der Waals surface area contributed by atoms with Crippen LogP contribution in [0.15, 0.2) is 29.7 Å². The largest absolute Gasteiger partial charge is 0.361 e. The van der Waals surface area contributed by atoms with E-state index in [0.717, 1.165) is 19.5 Å². The fourth-order valence-electron chi connectivity index (χ4n) is 3.35. The molecule has 20 heavy (non-hydrogen) atoms. The number of carbonyl (C=O) groups excluding carboxylic acids is 1. The zero-order chi connectivity index (χ0) is 13.7. The molecular weight excluding hydrogens is 292 g/mol. The molecular formula is C14H14N2O2S2. The number of carbonyl (C=O) groups is 1. The first kappa shape index (κ1) is 12.5. The van der Waals surface area contributed by atoms with E-state index in [9.17, 15) is 4.79 Å². The van der Waals surface area contributed by atoms with Gasteiger partial charge in [-0.15, -0.1) is 11.3 Å². The zero-order valence-electron chi connectivity index (χ0n) is 10.7. The number of thiophene rings is 1. The van der Waals surface area contributed by atoms with Gasteiger partial charge in [0.2, 0.25) is 0 Å². The van der Waals surface area contributed by atoms with Crippen molar-refractivity contribution in [3.05, 3.63) is 34.5 Å². The molecule has 4 rings (SSSR count). The van der Waals surface area contributed by atoms with Crippen LogP contribution in [0.25, 0.3) is 0 Å². The maximum absolute atomic E-state index is 12.0. The molecule has 2 saturated heterocycles. The highest BCUT2D eigenvalue weighted by atomic mass is 32.1. The highest BCUT2D eigenvalue weighted by Crippen LogP contribution is 2.47. The normalized spacial score (nSPS) is 33.5. The molecule has 1 N–H and O–H groups in total. The molecule has 2 fully saturated rings. The van der Waals surface area contributed by atoms with E-state index < -0.39 is 0 Å². The van der Waals surface area contributed by atoms with E-state index in [2.05, 4.69) is 22.4 Å². The molecule has 0 aliphatic carbocycles. The Labute approximate surface area is 126 Å². The third-order valence-corrected chi connectivity index (χ3v) is 5.53. The van der Waals surface area contributed by atoms with Crippen molar-refractivity contribution in [1.82, 2.24) is 10.2 Å². The molecule has 3 aliphatic rings. The molecule has 1 spiro atoms. The molecule has 1 amide bonds. The summed E-state index contributed by atoms with van der Waals surface area (Å²) in [5, 5.41) is 5.21. The lowest BCUT2D eigenvalue weighted by Crippen LogP contribution is -2.43.